The third kappa shape index (κ3) is 3.06. The van der Waals surface area contributed by atoms with Crippen LogP contribution in [0.1, 0.15) is 20.8 Å². The van der Waals surface area contributed by atoms with Crippen molar-refractivity contribution in [2.75, 3.05) is 11.9 Å². The molecule has 4 heteroatoms. The molecule has 1 aromatic carbocycles. The first kappa shape index (κ1) is 11.6. The maximum atomic E-state index is 4.02. The minimum atomic E-state index is 0.246. The van der Waals surface area contributed by atoms with Crippen LogP contribution in [-0.4, -0.2) is 21.5 Å². The van der Waals surface area contributed by atoms with E-state index in [1.165, 1.54) is 0 Å². The second-order valence-corrected chi connectivity index (χ2v) is 5.28. The standard InChI is InChI=1S/C13H18N4/c1-13(2,3)10-14-11-6-4-5-7-12(11)17-9-8-15-16-17/h4-9,14H,10H2,1-3H3. The first-order valence-electron chi connectivity index (χ1n) is 5.76. The summed E-state index contributed by atoms with van der Waals surface area (Å²) in [4.78, 5) is 0. The van der Waals surface area contributed by atoms with Gasteiger partial charge in [0.1, 0.15) is 0 Å². The fourth-order valence-corrected chi connectivity index (χ4v) is 1.52. The smallest absolute Gasteiger partial charge is 0.0894 e. The Balaban J connectivity index is 2.23. The zero-order chi connectivity index (χ0) is 12.3. The van der Waals surface area contributed by atoms with Gasteiger partial charge in [-0.25, -0.2) is 4.68 Å². The van der Waals surface area contributed by atoms with Crippen molar-refractivity contribution in [3.63, 3.8) is 0 Å². The molecule has 2 aromatic rings. The lowest BCUT2D eigenvalue weighted by Crippen LogP contribution is -2.19. The van der Waals surface area contributed by atoms with E-state index in [2.05, 4.69) is 42.5 Å². The van der Waals surface area contributed by atoms with Crippen molar-refractivity contribution in [3.8, 4) is 5.69 Å². The molecule has 0 saturated heterocycles. The summed E-state index contributed by atoms with van der Waals surface area (Å²) < 4.78 is 1.77. The fourth-order valence-electron chi connectivity index (χ4n) is 1.52. The highest BCUT2D eigenvalue weighted by Gasteiger charge is 2.11. The van der Waals surface area contributed by atoms with Gasteiger partial charge in [-0.15, -0.1) is 5.10 Å². The van der Waals surface area contributed by atoms with Crippen molar-refractivity contribution in [3.05, 3.63) is 36.7 Å². The molecule has 1 heterocycles. The Labute approximate surface area is 102 Å². The normalized spacial score (nSPS) is 11.5. The van der Waals surface area contributed by atoms with Gasteiger partial charge in [0, 0.05) is 6.54 Å². The summed E-state index contributed by atoms with van der Waals surface area (Å²) in [6.45, 7) is 7.53. The number of rotatable bonds is 3. The quantitative estimate of drug-likeness (QED) is 0.881. The van der Waals surface area contributed by atoms with E-state index in [9.17, 15) is 0 Å². The van der Waals surface area contributed by atoms with Gasteiger partial charge in [0.05, 0.1) is 23.8 Å². The molecule has 17 heavy (non-hydrogen) atoms. The Hall–Kier alpha value is -1.84. The molecule has 0 saturated carbocycles. The second kappa shape index (κ2) is 4.57. The van der Waals surface area contributed by atoms with Crippen LogP contribution in [0, 0.1) is 5.41 Å². The van der Waals surface area contributed by atoms with Crippen LogP contribution >= 0.6 is 0 Å². The zero-order valence-electron chi connectivity index (χ0n) is 10.5. The average Bonchev–Trinajstić information content (AvgIpc) is 2.79. The number of hydrogen-bond donors (Lipinski definition) is 1. The molecule has 0 aliphatic heterocycles. The molecular weight excluding hydrogens is 212 g/mol. The average molecular weight is 230 g/mol. The molecule has 0 aliphatic carbocycles. The highest BCUT2D eigenvalue weighted by Crippen LogP contribution is 2.21. The minimum Gasteiger partial charge on any atom is -0.383 e. The van der Waals surface area contributed by atoms with Gasteiger partial charge in [-0.1, -0.05) is 38.1 Å². The third-order valence-corrected chi connectivity index (χ3v) is 2.38. The molecule has 4 nitrogen and oxygen atoms in total. The molecule has 0 amide bonds. The maximum absolute atomic E-state index is 4.02. The Kier molecular flexibility index (Phi) is 3.13. The van der Waals surface area contributed by atoms with Crippen molar-refractivity contribution >= 4 is 5.69 Å². The lowest BCUT2D eigenvalue weighted by Gasteiger charge is -2.21. The van der Waals surface area contributed by atoms with E-state index in [-0.39, 0.29) is 5.41 Å². The molecule has 0 bridgehead atoms. The number of anilines is 1. The molecule has 0 fully saturated rings. The van der Waals surface area contributed by atoms with Crippen LogP contribution in [0.3, 0.4) is 0 Å². The molecule has 1 N–H and O–H groups in total. The van der Waals surface area contributed by atoms with E-state index in [1.807, 2.05) is 24.4 Å². The number of hydrogen-bond acceptors (Lipinski definition) is 3. The van der Waals surface area contributed by atoms with Gasteiger partial charge in [0.15, 0.2) is 0 Å². The van der Waals surface area contributed by atoms with Crippen LogP contribution in [0.4, 0.5) is 5.69 Å². The van der Waals surface area contributed by atoms with E-state index in [0.717, 1.165) is 17.9 Å². The minimum absolute atomic E-state index is 0.246. The Morgan fingerprint density at radius 1 is 1.24 bits per heavy atom. The molecule has 0 radical (unpaired) electrons. The van der Waals surface area contributed by atoms with E-state index in [1.54, 1.807) is 10.9 Å². The number of aromatic nitrogens is 3. The van der Waals surface area contributed by atoms with Gasteiger partial charge in [0.25, 0.3) is 0 Å². The molecule has 90 valence electrons. The molecule has 0 spiro atoms. The summed E-state index contributed by atoms with van der Waals surface area (Å²) in [5.41, 5.74) is 2.34. The van der Waals surface area contributed by atoms with E-state index in [4.69, 9.17) is 0 Å². The van der Waals surface area contributed by atoms with Gasteiger partial charge in [-0.3, -0.25) is 0 Å². The zero-order valence-corrected chi connectivity index (χ0v) is 10.5. The van der Waals surface area contributed by atoms with Crippen LogP contribution in [0.15, 0.2) is 36.7 Å². The maximum Gasteiger partial charge on any atom is 0.0894 e. The van der Waals surface area contributed by atoms with E-state index >= 15 is 0 Å². The van der Waals surface area contributed by atoms with Crippen LogP contribution in [0.5, 0.6) is 0 Å². The largest absolute Gasteiger partial charge is 0.383 e. The van der Waals surface area contributed by atoms with Crippen LogP contribution < -0.4 is 5.32 Å². The Morgan fingerprint density at radius 2 is 2.00 bits per heavy atom. The summed E-state index contributed by atoms with van der Waals surface area (Å²) in [7, 11) is 0. The molecule has 0 atom stereocenters. The molecule has 2 rings (SSSR count). The SMILES string of the molecule is CC(C)(C)CNc1ccccc1-n1ccnn1. The van der Waals surface area contributed by atoms with Gasteiger partial charge in [-0.2, -0.15) is 0 Å². The summed E-state index contributed by atoms with van der Waals surface area (Å²) in [5, 5.41) is 11.3. The Bertz CT molecular complexity index is 468. The summed E-state index contributed by atoms with van der Waals surface area (Å²) in [6, 6.07) is 8.10. The van der Waals surface area contributed by atoms with Crippen molar-refractivity contribution in [1.29, 1.82) is 0 Å². The van der Waals surface area contributed by atoms with Crippen LogP contribution in [-0.2, 0) is 0 Å². The topological polar surface area (TPSA) is 42.7 Å². The number of benzene rings is 1. The summed E-state index contributed by atoms with van der Waals surface area (Å²) in [6.07, 6.45) is 3.53. The second-order valence-electron chi connectivity index (χ2n) is 5.28. The van der Waals surface area contributed by atoms with Gasteiger partial charge in [-0.05, 0) is 17.5 Å². The number of para-hydroxylation sites is 2. The molecule has 1 aromatic heterocycles. The Morgan fingerprint density at radius 3 is 2.65 bits per heavy atom. The molecule has 0 unspecified atom stereocenters. The highest BCUT2D eigenvalue weighted by molar-refractivity contribution is 5.60. The summed E-state index contributed by atoms with van der Waals surface area (Å²) >= 11 is 0. The van der Waals surface area contributed by atoms with Crippen LogP contribution in [0.2, 0.25) is 0 Å². The summed E-state index contributed by atoms with van der Waals surface area (Å²) in [5.74, 6) is 0. The number of nitrogens with zero attached hydrogens (tertiary/aromatic N) is 3. The van der Waals surface area contributed by atoms with E-state index in [0.29, 0.717) is 0 Å². The van der Waals surface area contributed by atoms with E-state index < -0.39 is 0 Å². The predicted octanol–water partition coefficient (Wildman–Crippen LogP) is 2.73. The van der Waals surface area contributed by atoms with Crippen LogP contribution in [0.25, 0.3) is 5.69 Å². The lowest BCUT2D eigenvalue weighted by molar-refractivity contribution is 0.443. The van der Waals surface area contributed by atoms with Crippen molar-refractivity contribution < 1.29 is 0 Å². The van der Waals surface area contributed by atoms with Gasteiger partial charge >= 0.3 is 0 Å². The first-order valence-corrected chi connectivity index (χ1v) is 5.76. The molecular formula is C13H18N4. The predicted molar refractivity (Wildman–Crippen MR) is 69.3 cm³/mol. The number of nitrogens with one attached hydrogen (secondary N) is 1. The van der Waals surface area contributed by atoms with Gasteiger partial charge < -0.3 is 5.32 Å². The molecule has 0 aliphatic rings. The van der Waals surface area contributed by atoms with Crippen molar-refractivity contribution in [2.24, 2.45) is 5.41 Å². The first-order chi connectivity index (χ1) is 8.06. The van der Waals surface area contributed by atoms with Crippen molar-refractivity contribution in [1.82, 2.24) is 15.0 Å². The lowest BCUT2D eigenvalue weighted by atomic mass is 9.97. The fraction of sp³-hybridized carbons (Fsp3) is 0.385. The highest BCUT2D eigenvalue weighted by atomic mass is 15.4. The monoisotopic (exact) mass is 230 g/mol. The van der Waals surface area contributed by atoms with Crippen molar-refractivity contribution in [2.45, 2.75) is 20.8 Å². The van der Waals surface area contributed by atoms with Gasteiger partial charge in [0.2, 0.25) is 0 Å². The third-order valence-electron chi connectivity index (χ3n) is 2.38.